The second-order valence-corrected chi connectivity index (χ2v) is 8.30. The van der Waals surface area contributed by atoms with Gasteiger partial charge in [-0.05, 0) is 86.5 Å². The first kappa shape index (κ1) is 20.3. The fourth-order valence-corrected chi connectivity index (χ4v) is 4.85. The Hall–Kier alpha value is -1.39. The van der Waals surface area contributed by atoms with Gasteiger partial charge in [-0.2, -0.15) is 0 Å². The molecule has 152 valence electrons. The molecule has 0 heterocycles. The van der Waals surface area contributed by atoms with Crippen LogP contribution >= 0.6 is 0 Å². The van der Waals surface area contributed by atoms with E-state index in [-0.39, 0.29) is 5.75 Å². The molecule has 2 fully saturated rings. The van der Waals surface area contributed by atoms with Crippen molar-refractivity contribution in [3.63, 3.8) is 0 Å². The molecule has 0 atom stereocenters. The van der Waals surface area contributed by atoms with Crippen LogP contribution in [0, 0.1) is 23.7 Å². The highest BCUT2D eigenvalue weighted by Crippen LogP contribution is 2.42. The van der Waals surface area contributed by atoms with E-state index < -0.39 is 6.36 Å². The van der Waals surface area contributed by atoms with E-state index in [0.29, 0.717) is 18.3 Å². The molecule has 0 aliphatic heterocycles. The van der Waals surface area contributed by atoms with E-state index in [2.05, 4.69) is 11.7 Å². The highest BCUT2D eigenvalue weighted by atomic mass is 19.4. The van der Waals surface area contributed by atoms with Gasteiger partial charge in [0, 0.05) is 0 Å². The summed E-state index contributed by atoms with van der Waals surface area (Å²) in [6.45, 7) is 2.96. The molecule has 0 aromatic heterocycles. The molecular formula is C22H31F3O2. The van der Waals surface area contributed by atoms with E-state index in [9.17, 15) is 13.2 Å². The number of alkyl halides is 3. The van der Waals surface area contributed by atoms with Crippen molar-refractivity contribution in [3.05, 3.63) is 24.3 Å². The molecule has 2 saturated carbocycles. The second-order valence-electron chi connectivity index (χ2n) is 8.30. The van der Waals surface area contributed by atoms with Gasteiger partial charge in [0.1, 0.15) is 11.5 Å². The Balaban J connectivity index is 1.37. The van der Waals surface area contributed by atoms with Gasteiger partial charge in [-0.3, -0.25) is 0 Å². The molecule has 1 aromatic rings. The zero-order valence-corrected chi connectivity index (χ0v) is 16.1. The SMILES string of the molecule is CC[C@H]1CC[C@H](C2CCC(COc3ccc(OC(F)(F)F)cc3)CC2)CC1. The van der Waals surface area contributed by atoms with E-state index >= 15 is 0 Å². The maximum absolute atomic E-state index is 12.2. The number of halogens is 3. The Bertz CT molecular complexity index is 554. The maximum Gasteiger partial charge on any atom is 0.573 e. The van der Waals surface area contributed by atoms with Gasteiger partial charge >= 0.3 is 6.36 Å². The Morgan fingerprint density at radius 3 is 1.74 bits per heavy atom. The lowest BCUT2D eigenvalue weighted by Crippen LogP contribution is -2.27. The fourth-order valence-electron chi connectivity index (χ4n) is 4.85. The number of rotatable bonds is 6. The highest BCUT2D eigenvalue weighted by molar-refractivity contribution is 5.31. The first-order chi connectivity index (χ1) is 12.9. The molecule has 0 amide bonds. The normalized spacial score (nSPS) is 29.3. The minimum absolute atomic E-state index is 0.215. The predicted molar refractivity (Wildman–Crippen MR) is 99.8 cm³/mol. The molecule has 2 aliphatic rings. The predicted octanol–water partition coefficient (Wildman–Crippen LogP) is 6.99. The smallest absolute Gasteiger partial charge is 0.493 e. The van der Waals surface area contributed by atoms with Gasteiger partial charge in [-0.25, -0.2) is 0 Å². The van der Waals surface area contributed by atoms with Gasteiger partial charge in [0.05, 0.1) is 6.61 Å². The van der Waals surface area contributed by atoms with Crippen molar-refractivity contribution < 1.29 is 22.6 Å². The van der Waals surface area contributed by atoms with Crippen LogP contribution in [0.4, 0.5) is 13.2 Å². The third-order valence-corrected chi connectivity index (χ3v) is 6.57. The van der Waals surface area contributed by atoms with E-state index in [1.807, 2.05) is 0 Å². The summed E-state index contributed by atoms with van der Waals surface area (Å²) in [6.07, 6.45) is 7.34. The molecule has 3 rings (SSSR count). The van der Waals surface area contributed by atoms with Crippen LogP contribution in [0.3, 0.4) is 0 Å². The molecule has 0 N–H and O–H groups in total. The largest absolute Gasteiger partial charge is 0.573 e. The minimum atomic E-state index is -4.66. The van der Waals surface area contributed by atoms with Gasteiger partial charge in [-0.1, -0.05) is 26.2 Å². The Kier molecular flexibility index (Phi) is 6.93. The summed E-state index contributed by atoms with van der Waals surface area (Å²) in [7, 11) is 0. The lowest BCUT2D eigenvalue weighted by atomic mass is 9.69. The molecular weight excluding hydrogens is 353 g/mol. The van der Waals surface area contributed by atoms with Crippen LogP contribution < -0.4 is 9.47 Å². The van der Waals surface area contributed by atoms with E-state index in [1.54, 1.807) is 12.1 Å². The van der Waals surface area contributed by atoms with Crippen molar-refractivity contribution in [2.45, 2.75) is 71.1 Å². The first-order valence-electron chi connectivity index (χ1n) is 10.4. The third kappa shape index (κ3) is 6.32. The molecule has 2 aliphatic carbocycles. The van der Waals surface area contributed by atoms with Crippen molar-refractivity contribution in [2.24, 2.45) is 23.7 Å². The van der Waals surface area contributed by atoms with Crippen molar-refractivity contribution in [1.82, 2.24) is 0 Å². The quantitative estimate of drug-likeness (QED) is 0.526. The molecule has 27 heavy (non-hydrogen) atoms. The average molecular weight is 384 g/mol. The van der Waals surface area contributed by atoms with Crippen LogP contribution in [0.2, 0.25) is 0 Å². The molecule has 0 unspecified atom stereocenters. The zero-order valence-electron chi connectivity index (χ0n) is 16.1. The van der Waals surface area contributed by atoms with Crippen LogP contribution in [0.25, 0.3) is 0 Å². The van der Waals surface area contributed by atoms with E-state index in [1.165, 1.54) is 69.9 Å². The number of hydrogen-bond acceptors (Lipinski definition) is 2. The summed E-state index contributed by atoms with van der Waals surface area (Å²) in [5, 5.41) is 0. The zero-order chi connectivity index (χ0) is 19.3. The minimum Gasteiger partial charge on any atom is -0.493 e. The second kappa shape index (κ2) is 9.20. The summed E-state index contributed by atoms with van der Waals surface area (Å²) >= 11 is 0. The van der Waals surface area contributed by atoms with Crippen LogP contribution in [-0.4, -0.2) is 13.0 Å². The number of ether oxygens (including phenoxy) is 2. The third-order valence-electron chi connectivity index (χ3n) is 6.57. The fraction of sp³-hybridized carbons (Fsp3) is 0.727. The molecule has 1 aromatic carbocycles. The van der Waals surface area contributed by atoms with Crippen LogP contribution in [-0.2, 0) is 0 Å². The molecule has 0 spiro atoms. The van der Waals surface area contributed by atoms with Gasteiger partial charge in [-0.15, -0.1) is 13.2 Å². The highest BCUT2D eigenvalue weighted by Gasteiger charge is 2.32. The molecule has 5 heteroatoms. The molecule has 0 saturated heterocycles. The lowest BCUT2D eigenvalue weighted by Gasteiger charge is -2.37. The average Bonchev–Trinajstić information content (AvgIpc) is 2.67. The monoisotopic (exact) mass is 384 g/mol. The van der Waals surface area contributed by atoms with Gasteiger partial charge in [0.2, 0.25) is 0 Å². The Morgan fingerprint density at radius 1 is 0.778 bits per heavy atom. The summed E-state index contributed by atoms with van der Waals surface area (Å²) in [5.74, 6) is 3.71. The van der Waals surface area contributed by atoms with Crippen LogP contribution in [0.1, 0.15) is 64.7 Å². The van der Waals surface area contributed by atoms with E-state index in [0.717, 1.165) is 17.8 Å². The van der Waals surface area contributed by atoms with E-state index in [4.69, 9.17) is 4.74 Å². The molecule has 2 nitrogen and oxygen atoms in total. The Morgan fingerprint density at radius 2 is 1.26 bits per heavy atom. The summed E-state index contributed by atoms with van der Waals surface area (Å²) in [6, 6.07) is 5.68. The summed E-state index contributed by atoms with van der Waals surface area (Å²) in [4.78, 5) is 0. The van der Waals surface area contributed by atoms with Gasteiger partial charge in [0.25, 0.3) is 0 Å². The standard InChI is InChI=1S/C22H31F3O2/c1-2-16-3-7-18(8-4-16)19-9-5-17(6-10-19)15-26-20-11-13-21(14-12-20)27-22(23,24)25/h11-14,16-19H,2-10,15H2,1H3/t16-,17?,18-,19?. The van der Waals surface area contributed by atoms with Crippen molar-refractivity contribution >= 4 is 0 Å². The number of hydrogen-bond donors (Lipinski definition) is 0. The van der Waals surface area contributed by atoms with Gasteiger partial charge < -0.3 is 9.47 Å². The topological polar surface area (TPSA) is 18.5 Å². The number of benzene rings is 1. The summed E-state index contributed by atoms with van der Waals surface area (Å²) < 4.78 is 46.2. The van der Waals surface area contributed by atoms with Crippen LogP contribution in [0.5, 0.6) is 11.5 Å². The molecule has 0 radical (unpaired) electrons. The van der Waals surface area contributed by atoms with Crippen molar-refractivity contribution in [3.8, 4) is 11.5 Å². The van der Waals surface area contributed by atoms with Crippen molar-refractivity contribution in [2.75, 3.05) is 6.61 Å². The summed E-state index contributed by atoms with van der Waals surface area (Å²) in [5.41, 5.74) is 0. The van der Waals surface area contributed by atoms with Crippen molar-refractivity contribution in [1.29, 1.82) is 0 Å². The Labute approximate surface area is 160 Å². The van der Waals surface area contributed by atoms with Gasteiger partial charge in [0.15, 0.2) is 0 Å². The lowest BCUT2D eigenvalue weighted by molar-refractivity contribution is -0.274. The van der Waals surface area contributed by atoms with Crippen LogP contribution in [0.15, 0.2) is 24.3 Å². The molecule has 0 bridgehead atoms. The maximum atomic E-state index is 12.2. The first-order valence-corrected chi connectivity index (χ1v) is 10.4.